The lowest BCUT2D eigenvalue weighted by molar-refractivity contribution is 0.0696. The Hall–Kier alpha value is -4.12. The average Bonchev–Trinajstić information content (AvgIpc) is 2.85. The second kappa shape index (κ2) is 10.9. The van der Waals surface area contributed by atoms with Crippen LogP contribution in [0.5, 0.6) is 0 Å². The standard InChI is InChI=1S/C25H15Cl2FN4O4S/c26-19-3-1-5-21(29-19)31(17-9-7-16(28)8-10-17)25(37)32(22-6-2-4-20(27)30-22)18-12-14(23(33)34)11-15(13-18)24(35)36/h1-13H,(H,33,34)(H,35,36). The van der Waals surface area contributed by atoms with Crippen LogP contribution in [0.1, 0.15) is 20.7 Å². The Balaban J connectivity index is 1.98. The van der Waals surface area contributed by atoms with Crippen molar-refractivity contribution in [2.24, 2.45) is 0 Å². The number of nitrogens with zero attached hydrogens (tertiary/aromatic N) is 4. The van der Waals surface area contributed by atoms with Crippen LogP contribution in [0.15, 0.2) is 78.9 Å². The number of carbonyl (C=O) groups is 2. The number of anilines is 4. The van der Waals surface area contributed by atoms with Gasteiger partial charge in [-0.3, -0.25) is 9.80 Å². The van der Waals surface area contributed by atoms with Gasteiger partial charge in [0.25, 0.3) is 0 Å². The Morgan fingerprint density at radius 2 is 1.19 bits per heavy atom. The molecule has 8 nitrogen and oxygen atoms in total. The van der Waals surface area contributed by atoms with Crippen LogP contribution in [0.25, 0.3) is 0 Å². The first-order chi connectivity index (χ1) is 17.6. The zero-order valence-corrected chi connectivity index (χ0v) is 20.9. The molecule has 2 aromatic heterocycles. The number of hydrogen-bond donors (Lipinski definition) is 2. The molecule has 0 unspecified atom stereocenters. The van der Waals surface area contributed by atoms with Gasteiger partial charge in [-0.05, 0) is 78.9 Å². The largest absolute Gasteiger partial charge is 0.478 e. The number of benzene rings is 2. The van der Waals surface area contributed by atoms with Gasteiger partial charge in [-0.25, -0.2) is 23.9 Å². The molecule has 12 heteroatoms. The highest BCUT2D eigenvalue weighted by atomic mass is 35.5. The summed E-state index contributed by atoms with van der Waals surface area (Å²) >= 11 is 18.1. The molecule has 0 amide bonds. The van der Waals surface area contributed by atoms with Crippen molar-refractivity contribution in [3.63, 3.8) is 0 Å². The Bertz CT molecular complexity index is 1490. The van der Waals surface area contributed by atoms with Crippen LogP contribution in [-0.2, 0) is 0 Å². The molecule has 2 heterocycles. The fourth-order valence-corrected chi connectivity index (χ4v) is 4.12. The van der Waals surface area contributed by atoms with Gasteiger partial charge in [0.15, 0.2) is 5.11 Å². The monoisotopic (exact) mass is 556 g/mol. The van der Waals surface area contributed by atoms with Gasteiger partial charge in [-0.1, -0.05) is 35.3 Å². The molecule has 0 fully saturated rings. The third kappa shape index (κ3) is 5.83. The van der Waals surface area contributed by atoms with Crippen molar-refractivity contribution in [3.8, 4) is 0 Å². The molecule has 0 radical (unpaired) electrons. The minimum absolute atomic E-state index is 0.0324. The molecule has 0 aliphatic rings. The molecule has 37 heavy (non-hydrogen) atoms. The maximum atomic E-state index is 13.8. The summed E-state index contributed by atoms with van der Waals surface area (Å²) in [5.41, 5.74) is -0.120. The van der Waals surface area contributed by atoms with E-state index in [2.05, 4.69) is 9.97 Å². The maximum absolute atomic E-state index is 13.8. The van der Waals surface area contributed by atoms with Crippen LogP contribution < -0.4 is 9.80 Å². The van der Waals surface area contributed by atoms with Crippen molar-refractivity contribution in [3.05, 3.63) is 106 Å². The number of halogens is 3. The van der Waals surface area contributed by atoms with E-state index in [-0.39, 0.29) is 43.9 Å². The van der Waals surface area contributed by atoms with Crippen LogP contribution in [-0.4, -0.2) is 37.2 Å². The average molecular weight is 557 g/mol. The van der Waals surface area contributed by atoms with Gasteiger partial charge in [0.1, 0.15) is 27.8 Å². The highest BCUT2D eigenvalue weighted by molar-refractivity contribution is 7.80. The molecule has 0 spiro atoms. The second-order valence-electron chi connectivity index (χ2n) is 7.45. The highest BCUT2D eigenvalue weighted by Crippen LogP contribution is 2.34. The summed E-state index contributed by atoms with van der Waals surface area (Å²) in [6.45, 7) is 0. The van der Waals surface area contributed by atoms with E-state index in [9.17, 15) is 24.2 Å². The van der Waals surface area contributed by atoms with Crippen molar-refractivity contribution in [1.29, 1.82) is 0 Å². The molecule has 186 valence electrons. The van der Waals surface area contributed by atoms with Crippen molar-refractivity contribution in [1.82, 2.24) is 9.97 Å². The zero-order chi connectivity index (χ0) is 26.7. The quantitative estimate of drug-likeness (QED) is 0.201. The normalized spacial score (nSPS) is 10.6. The lowest BCUT2D eigenvalue weighted by atomic mass is 10.1. The fraction of sp³-hybridized carbons (Fsp3) is 0. The molecule has 4 aromatic rings. The van der Waals surface area contributed by atoms with Crippen molar-refractivity contribution in [2.45, 2.75) is 0 Å². The summed E-state index contributed by atoms with van der Waals surface area (Å²) in [6.07, 6.45) is 0. The number of hydrogen-bond acceptors (Lipinski definition) is 5. The number of carboxylic acids is 2. The van der Waals surface area contributed by atoms with E-state index in [0.29, 0.717) is 5.69 Å². The molecule has 2 N–H and O–H groups in total. The molecular formula is C25H15Cl2FN4O4S. The van der Waals surface area contributed by atoms with Gasteiger partial charge >= 0.3 is 11.9 Å². The van der Waals surface area contributed by atoms with Gasteiger partial charge in [0.05, 0.1) is 22.5 Å². The number of aromatic carboxylic acids is 2. The molecule has 0 atom stereocenters. The lowest BCUT2D eigenvalue weighted by Crippen LogP contribution is -2.39. The van der Waals surface area contributed by atoms with Gasteiger partial charge in [-0.2, -0.15) is 0 Å². The summed E-state index contributed by atoms with van der Waals surface area (Å²) in [5, 5.41) is 19.5. The molecule has 0 aliphatic heterocycles. The van der Waals surface area contributed by atoms with E-state index in [1.807, 2.05) is 0 Å². The molecule has 0 saturated heterocycles. The van der Waals surface area contributed by atoms with E-state index >= 15 is 0 Å². The van der Waals surface area contributed by atoms with Crippen LogP contribution in [0.3, 0.4) is 0 Å². The van der Waals surface area contributed by atoms with Crippen molar-refractivity contribution in [2.75, 3.05) is 9.80 Å². The summed E-state index contributed by atoms with van der Waals surface area (Å²) < 4.78 is 13.8. The van der Waals surface area contributed by atoms with Crippen LogP contribution in [0.4, 0.5) is 27.4 Å². The Labute approximate surface area is 225 Å². The van der Waals surface area contributed by atoms with Crippen molar-refractivity contribution < 1.29 is 24.2 Å². The van der Waals surface area contributed by atoms with Crippen LogP contribution >= 0.6 is 35.4 Å². The number of pyridine rings is 2. The Kier molecular flexibility index (Phi) is 7.63. The van der Waals surface area contributed by atoms with E-state index in [4.69, 9.17) is 35.4 Å². The third-order valence-electron chi connectivity index (χ3n) is 5.00. The van der Waals surface area contributed by atoms with Gasteiger partial charge in [0, 0.05) is 0 Å². The van der Waals surface area contributed by atoms with Gasteiger partial charge in [0.2, 0.25) is 0 Å². The summed E-state index contributed by atoms with van der Waals surface area (Å²) in [4.78, 5) is 35.0. The first-order valence-corrected chi connectivity index (χ1v) is 11.6. The van der Waals surface area contributed by atoms with Gasteiger partial charge < -0.3 is 10.2 Å². The predicted octanol–water partition coefficient (Wildman–Crippen LogP) is 6.58. The number of carboxylic acid groups (broad SMARTS) is 2. The predicted molar refractivity (Wildman–Crippen MR) is 142 cm³/mol. The second-order valence-corrected chi connectivity index (χ2v) is 8.59. The molecule has 2 aromatic carbocycles. The zero-order valence-electron chi connectivity index (χ0n) is 18.5. The van der Waals surface area contributed by atoms with Crippen molar-refractivity contribution >= 4 is 75.5 Å². The van der Waals surface area contributed by atoms with E-state index in [1.54, 1.807) is 30.3 Å². The first-order valence-electron chi connectivity index (χ1n) is 10.4. The van der Waals surface area contributed by atoms with Crippen LogP contribution in [0.2, 0.25) is 10.3 Å². The highest BCUT2D eigenvalue weighted by Gasteiger charge is 2.27. The Morgan fingerprint density at radius 1 is 0.730 bits per heavy atom. The smallest absolute Gasteiger partial charge is 0.335 e. The SMILES string of the molecule is O=C(O)c1cc(C(=O)O)cc(N(C(=S)N(c2ccc(F)cc2)c2cccc(Cl)n2)c2cccc(Cl)n2)c1. The summed E-state index contributed by atoms with van der Waals surface area (Å²) in [6, 6.07) is 18.4. The van der Waals surface area contributed by atoms with Crippen LogP contribution in [0, 0.1) is 5.82 Å². The minimum Gasteiger partial charge on any atom is -0.478 e. The lowest BCUT2D eigenvalue weighted by Gasteiger charge is -2.33. The summed E-state index contributed by atoms with van der Waals surface area (Å²) in [5.74, 6) is -2.76. The van der Waals surface area contributed by atoms with E-state index in [0.717, 1.165) is 6.07 Å². The van der Waals surface area contributed by atoms with E-state index < -0.39 is 17.8 Å². The minimum atomic E-state index is -1.35. The molecule has 0 saturated carbocycles. The maximum Gasteiger partial charge on any atom is 0.335 e. The van der Waals surface area contributed by atoms with E-state index in [1.165, 1.54) is 52.3 Å². The molecule has 0 bridgehead atoms. The fourth-order valence-electron chi connectivity index (χ4n) is 3.40. The first kappa shape index (κ1) is 26.0. The topological polar surface area (TPSA) is 107 Å². The molecular weight excluding hydrogens is 542 g/mol. The number of rotatable bonds is 6. The third-order valence-corrected chi connectivity index (χ3v) is 5.78. The Morgan fingerprint density at radius 3 is 1.62 bits per heavy atom. The molecule has 0 aliphatic carbocycles. The molecule has 4 rings (SSSR count). The van der Waals surface area contributed by atoms with Gasteiger partial charge in [-0.15, -0.1) is 0 Å². The number of aromatic nitrogens is 2. The number of thiocarbonyl (C=S) groups is 1. The summed E-state index contributed by atoms with van der Waals surface area (Å²) in [7, 11) is 0.